The van der Waals surface area contributed by atoms with Gasteiger partial charge in [-0.1, -0.05) is 26.8 Å². The van der Waals surface area contributed by atoms with Gasteiger partial charge in [0.15, 0.2) is 0 Å². The molecule has 0 aliphatic carbocycles. The lowest BCUT2D eigenvalue weighted by Gasteiger charge is -2.15. The van der Waals surface area contributed by atoms with Gasteiger partial charge in [-0.15, -0.1) is 0 Å². The van der Waals surface area contributed by atoms with Gasteiger partial charge in [0.25, 0.3) is 0 Å². The van der Waals surface area contributed by atoms with Gasteiger partial charge in [0.2, 0.25) is 5.89 Å². The minimum atomic E-state index is -4.41. The Balaban J connectivity index is 1.78. The van der Waals surface area contributed by atoms with Gasteiger partial charge in [-0.25, -0.2) is 4.98 Å². The van der Waals surface area contributed by atoms with Crippen molar-refractivity contribution in [1.29, 1.82) is 0 Å². The molecule has 0 saturated carbocycles. The van der Waals surface area contributed by atoms with Crippen molar-refractivity contribution >= 4 is 5.97 Å². The van der Waals surface area contributed by atoms with E-state index in [1.54, 1.807) is 25.1 Å². The molecule has 1 heterocycles. The first kappa shape index (κ1) is 25.3. The highest BCUT2D eigenvalue weighted by Gasteiger charge is 2.30. The fraction of sp³-hybridized carbons (Fsp3) is 0.385. The minimum absolute atomic E-state index is 0.0448. The van der Waals surface area contributed by atoms with E-state index in [2.05, 4.69) is 4.98 Å². The second-order valence-corrected chi connectivity index (χ2v) is 8.79. The Morgan fingerprint density at radius 2 is 1.74 bits per heavy atom. The Hall–Kier alpha value is -3.29. The quantitative estimate of drug-likeness (QED) is 0.374. The molecule has 182 valence electrons. The lowest BCUT2D eigenvalue weighted by atomic mass is 9.96. The average molecular weight is 476 g/mol. The van der Waals surface area contributed by atoms with E-state index in [1.807, 2.05) is 27.7 Å². The van der Waals surface area contributed by atoms with Gasteiger partial charge in [-0.05, 0) is 67.3 Å². The van der Waals surface area contributed by atoms with Gasteiger partial charge in [0, 0.05) is 5.56 Å². The van der Waals surface area contributed by atoms with E-state index in [-0.39, 0.29) is 24.3 Å². The van der Waals surface area contributed by atoms with Crippen molar-refractivity contribution in [2.75, 3.05) is 6.61 Å². The molecule has 0 spiro atoms. The molecule has 34 heavy (non-hydrogen) atoms. The summed E-state index contributed by atoms with van der Waals surface area (Å²) in [6.45, 7) is 9.63. The van der Waals surface area contributed by atoms with Crippen LogP contribution in [0.3, 0.4) is 0 Å². The van der Waals surface area contributed by atoms with Crippen molar-refractivity contribution in [3.05, 3.63) is 70.6 Å². The molecule has 2 atom stereocenters. The van der Waals surface area contributed by atoms with Gasteiger partial charge in [-0.2, -0.15) is 13.2 Å². The number of halogens is 3. The monoisotopic (exact) mass is 475 g/mol. The number of nitrogens with zero attached hydrogens (tertiary/aromatic N) is 1. The van der Waals surface area contributed by atoms with Gasteiger partial charge in [0.1, 0.15) is 11.5 Å². The van der Waals surface area contributed by atoms with Crippen molar-refractivity contribution in [3.8, 4) is 17.2 Å². The SMILES string of the molecule is Cc1cc(OCC(C)c2oc(-c3ccc(C(F)(F)F)cc3)nc2C(C)C)ccc1C(C)C(=O)O. The molecular formula is C26H28F3NO4. The molecule has 0 bridgehead atoms. The number of carboxylic acids is 1. The van der Waals surface area contributed by atoms with Gasteiger partial charge in [-0.3, -0.25) is 4.79 Å². The third-order valence-electron chi connectivity index (χ3n) is 5.71. The first-order valence-electron chi connectivity index (χ1n) is 11.0. The molecule has 0 radical (unpaired) electrons. The van der Waals surface area contributed by atoms with E-state index in [9.17, 15) is 23.1 Å². The van der Waals surface area contributed by atoms with Crippen molar-refractivity contribution in [2.24, 2.45) is 0 Å². The lowest BCUT2D eigenvalue weighted by Crippen LogP contribution is -2.11. The van der Waals surface area contributed by atoms with Crippen LogP contribution in [0.5, 0.6) is 5.75 Å². The molecule has 0 aliphatic rings. The standard InChI is InChI=1S/C26H28F3NO4/c1-14(2)22-23(34-24(30-22)18-6-8-19(9-7-18)26(27,28)29)16(4)13-33-20-10-11-21(15(3)12-20)17(5)25(31)32/h6-12,14,16-17H,13H2,1-5H3,(H,31,32). The molecule has 0 amide bonds. The molecule has 1 N–H and O–H groups in total. The Morgan fingerprint density at radius 3 is 2.26 bits per heavy atom. The molecule has 0 aliphatic heterocycles. The van der Waals surface area contributed by atoms with Crippen LogP contribution in [0, 0.1) is 6.92 Å². The maximum absolute atomic E-state index is 12.9. The Kier molecular flexibility index (Phi) is 7.38. The predicted octanol–water partition coefficient (Wildman–Crippen LogP) is 7.16. The summed E-state index contributed by atoms with van der Waals surface area (Å²) in [5.41, 5.74) is 2.02. The van der Waals surface area contributed by atoms with Crippen LogP contribution in [-0.4, -0.2) is 22.7 Å². The fourth-order valence-electron chi connectivity index (χ4n) is 3.69. The summed E-state index contributed by atoms with van der Waals surface area (Å²) in [5.74, 6) is -0.131. The zero-order chi connectivity index (χ0) is 25.2. The van der Waals surface area contributed by atoms with Crippen LogP contribution >= 0.6 is 0 Å². The number of aryl methyl sites for hydroxylation is 1. The average Bonchev–Trinajstić information content (AvgIpc) is 3.22. The van der Waals surface area contributed by atoms with E-state index in [0.717, 1.165) is 29.0 Å². The number of oxazole rings is 1. The number of rotatable bonds is 8. The largest absolute Gasteiger partial charge is 0.493 e. The van der Waals surface area contributed by atoms with Gasteiger partial charge >= 0.3 is 12.1 Å². The van der Waals surface area contributed by atoms with Gasteiger partial charge in [0.05, 0.1) is 29.7 Å². The zero-order valence-electron chi connectivity index (χ0n) is 19.7. The third-order valence-corrected chi connectivity index (χ3v) is 5.71. The number of aliphatic carboxylic acids is 1. The number of carboxylic acid groups (broad SMARTS) is 1. The Labute approximate surface area is 196 Å². The van der Waals surface area contributed by atoms with E-state index in [1.165, 1.54) is 12.1 Å². The lowest BCUT2D eigenvalue weighted by molar-refractivity contribution is -0.138. The molecule has 0 fully saturated rings. The number of aromatic nitrogens is 1. The number of alkyl halides is 3. The first-order chi connectivity index (χ1) is 15.9. The third kappa shape index (κ3) is 5.61. The molecule has 2 aromatic carbocycles. The smallest absolute Gasteiger partial charge is 0.416 e. The number of hydrogen-bond donors (Lipinski definition) is 1. The normalized spacial score (nSPS) is 13.7. The van der Waals surface area contributed by atoms with E-state index < -0.39 is 23.6 Å². The molecule has 3 aromatic rings. The summed E-state index contributed by atoms with van der Waals surface area (Å²) in [4.78, 5) is 15.8. The van der Waals surface area contributed by atoms with E-state index in [0.29, 0.717) is 17.1 Å². The topological polar surface area (TPSA) is 72.6 Å². The molecule has 8 heteroatoms. The summed E-state index contributed by atoms with van der Waals surface area (Å²) in [7, 11) is 0. The van der Waals surface area contributed by atoms with Crippen LogP contribution in [0.1, 0.15) is 73.6 Å². The van der Waals surface area contributed by atoms with Crippen LogP contribution in [0.4, 0.5) is 13.2 Å². The second kappa shape index (κ2) is 9.91. The van der Waals surface area contributed by atoms with Crippen LogP contribution < -0.4 is 4.74 Å². The van der Waals surface area contributed by atoms with Crippen LogP contribution in [-0.2, 0) is 11.0 Å². The first-order valence-corrected chi connectivity index (χ1v) is 11.0. The number of carbonyl (C=O) groups is 1. The highest BCUT2D eigenvalue weighted by Crippen LogP contribution is 2.34. The summed E-state index contributed by atoms with van der Waals surface area (Å²) in [6.07, 6.45) is -4.41. The Bertz CT molecular complexity index is 1150. The van der Waals surface area contributed by atoms with Crippen LogP contribution in [0.2, 0.25) is 0 Å². The predicted molar refractivity (Wildman–Crippen MR) is 122 cm³/mol. The highest BCUT2D eigenvalue weighted by atomic mass is 19.4. The van der Waals surface area contributed by atoms with Crippen LogP contribution in [0.25, 0.3) is 11.5 Å². The molecule has 1 aromatic heterocycles. The number of ether oxygens (including phenoxy) is 1. The maximum Gasteiger partial charge on any atom is 0.416 e. The van der Waals surface area contributed by atoms with E-state index in [4.69, 9.17) is 9.15 Å². The summed E-state index contributed by atoms with van der Waals surface area (Å²) >= 11 is 0. The minimum Gasteiger partial charge on any atom is -0.493 e. The molecule has 2 unspecified atom stereocenters. The van der Waals surface area contributed by atoms with Crippen molar-refractivity contribution < 1.29 is 32.2 Å². The number of benzene rings is 2. The summed E-state index contributed by atoms with van der Waals surface area (Å²) < 4.78 is 50.5. The van der Waals surface area contributed by atoms with E-state index >= 15 is 0 Å². The summed E-state index contributed by atoms with van der Waals surface area (Å²) in [6, 6.07) is 10.0. The van der Waals surface area contributed by atoms with Crippen molar-refractivity contribution in [2.45, 2.75) is 58.5 Å². The molecule has 0 saturated heterocycles. The number of hydrogen-bond acceptors (Lipinski definition) is 4. The van der Waals surface area contributed by atoms with Crippen molar-refractivity contribution in [1.82, 2.24) is 4.98 Å². The Morgan fingerprint density at radius 1 is 1.09 bits per heavy atom. The summed E-state index contributed by atoms with van der Waals surface area (Å²) in [5, 5.41) is 9.24. The van der Waals surface area contributed by atoms with Crippen molar-refractivity contribution in [3.63, 3.8) is 0 Å². The fourth-order valence-corrected chi connectivity index (χ4v) is 3.69. The highest BCUT2D eigenvalue weighted by molar-refractivity contribution is 5.76. The molecular weight excluding hydrogens is 447 g/mol. The molecule has 3 rings (SSSR count). The second-order valence-electron chi connectivity index (χ2n) is 8.79. The molecule has 5 nitrogen and oxygen atoms in total. The van der Waals surface area contributed by atoms with Gasteiger partial charge < -0.3 is 14.3 Å². The van der Waals surface area contributed by atoms with Crippen LogP contribution in [0.15, 0.2) is 46.9 Å². The maximum atomic E-state index is 12.9. The zero-order valence-corrected chi connectivity index (χ0v) is 19.7.